The van der Waals surface area contributed by atoms with Gasteiger partial charge in [0.05, 0.1) is 0 Å². The van der Waals surface area contributed by atoms with Crippen LogP contribution in [0.3, 0.4) is 0 Å². The smallest absolute Gasteiger partial charge is 0.109 e. The number of aliphatic hydroxyl groups is 1. The highest BCUT2D eigenvalue weighted by atomic mass is 16.3. The minimum absolute atomic E-state index is 0.575. The number of rotatable bonds is 2. The highest BCUT2D eigenvalue weighted by Crippen LogP contribution is 2.43. The van der Waals surface area contributed by atoms with Gasteiger partial charge in [0.25, 0.3) is 0 Å². The summed E-state index contributed by atoms with van der Waals surface area (Å²) in [6.45, 7) is 1.15. The van der Waals surface area contributed by atoms with E-state index in [1.807, 2.05) is 18.2 Å². The van der Waals surface area contributed by atoms with E-state index in [1.165, 1.54) is 12.8 Å². The maximum absolute atomic E-state index is 9.02. The number of hydrogen-bond donors (Lipinski definition) is 1. The van der Waals surface area contributed by atoms with E-state index in [2.05, 4.69) is 5.92 Å². The number of terminal acetylenes is 1. The van der Waals surface area contributed by atoms with Crippen molar-refractivity contribution in [1.82, 2.24) is 0 Å². The lowest BCUT2D eigenvalue weighted by Gasteiger charge is -2.07. The van der Waals surface area contributed by atoms with E-state index >= 15 is 0 Å². The van der Waals surface area contributed by atoms with Crippen LogP contribution in [0.4, 0.5) is 0 Å². The van der Waals surface area contributed by atoms with Gasteiger partial charge in [0, 0.05) is 5.56 Å². The molecule has 65 valence electrons. The molecule has 1 saturated carbocycles. The molecule has 13 heavy (non-hydrogen) atoms. The van der Waals surface area contributed by atoms with Gasteiger partial charge in [-0.3, -0.25) is 0 Å². The molecule has 1 aliphatic rings. The average Bonchev–Trinajstić information content (AvgIpc) is 3.00. The van der Waals surface area contributed by atoms with Crippen molar-refractivity contribution in [1.29, 1.82) is 0 Å². The summed E-state index contributed by atoms with van der Waals surface area (Å²) in [5.74, 6) is 3.24. The molecule has 1 fully saturated rings. The van der Waals surface area contributed by atoms with Crippen LogP contribution in [0.25, 0.3) is 0 Å². The standard InChI is InChI=1S/C12H11O/c1-2-9-4-3-5-11(8-13)12(9)10-6-7-10/h1,3-5,8,10,13H,6-7H2. The van der Waals surface area contributed by atoms with Crippen LogP contribution in [0.15, 0.2) is 18.2 Å². The molecule has 1 aromatic carbocycles. The third-order valence-corrected chi connectivity index (χ3v) is 2.42. The predicted molar refractivity (Wildman–Crippen MR) is 51.7 cm³/mol. The molecule has 0 unspecified atom stereocenters. The summed E-state index contributed by atoms with van der Waals surface area (Å²) in [6.07, 6.45) is 7.78. The van der Waals surface area contributed by atoms with Gasteiger partial charge in [0.1, 0.15) is 6.61 Å². The van der Waals surface area contributed by atoms with Crippen LogP contribution in [-0.2, 0) is 0 Å². The first-order valence-electron chi connectivity index (χ1n) is 4.43. The van der Waals surface area contributed by atoms with Crippen LogP contribution in [-0.4, -0.2) is 5.11 Å². The Morgan fingerprint density at radius 2 is 2.23 bits per heavy atom. The molecule has 1 heteroatoms. The Bertz CT molecular complexity index is 356. The zero-order chi connectivity index (χ0) is 9.26. The van der Waals surface area contributed by atoms with Gasteiger partial charge in [-0.1, -0.05) is 18.1 Å². The first-order valence-corrected chi connectivity index (χ1v) is 4.43. The summed E-state index contributed by atoms with van der Waals surface area (Å²) in [5.41, 5.74) is 2.94. The summed E-state index contributed by atoms with van der Waals surface area (Å²) in [7, 11) is 0. The Morgan fingerprint density at radius 3 is 2.77 bits per heavy atom. The third-order valence-electron chi connectivity index (χ3n) is 2.42. The predicted octanol–water partition coefficient (Wildman–Crippen LogP) is 2.43. The van der Waals surface area contributed by atoms with Gasteiger partial charge in [0.15, 0.2) is 0 Å². The molecule has 2 rings (SSSR count). The molecule has 1 radical (unpaired) electrons. The lowest BCUT2D eigenvalue weighted by Crippen LogP contribution is -1.94. The minimum atomic E-state index is 0.575. The second-order valence-corrected chi connectivity index (χ2v) is 3.36. The summed E-state index contributed by atoms with van der Waals surface area (Å²) >= 11 is 0. The second-order valence-electron chi connectivity index (χ2n) is 3.36. The Kier molecular flexibility index (Phi) is 2.08. The van der Waals surface area contributed by atoms with Crippen molar-refractivity contribution < 1.29 is 5.11 Å². The minimum Gasteiger partial charge on any atom is -0.385 e. The largest absolute Gasteiger partial charge is 0.385 e. The number of aliphatic hydroxyl groups excluding tert-OH is 1. The summed E-state index contributed by atoms with van der Waals surface area (Å²) < 4.78 is 0. The highest BCUT2D eigenvalue weighted by Gasteiger charge is 2.27. The van der Waals surface area contributed by atoms with Crippen molar-refractivity contribution in [2.45, 2.75) is 18.8 Å². The first kappa shape index (κ1) is 8.34. The molecule has 1 nitrogen and oxygen atoms in total. The highest BCUT2D eigenvalue weighted by molar-refractivity contribution is 5.49. The molecule has 0 aliphatic heterocycles. The van der Waals surface area contributed by atoms with Crippen LogP contribution in [0.1, 0.15) is 35.4 Å². The topological polar surface area (TPSA) is 20.2 Å². The molecular weight excluding hydrogens is 160 g/mol. The van der Waals surface area contributed by atoms with Crippen LogP contribution in [0.2, 0.25) is 0 Å². The van der Waals surface area contributed by atoms with Crippen LogP contribution >= 0.6 is 0 Å². The fourth-order valence-electron chi connectivity index (χ4n) is 1.65. The molecule has 0 bridgehead atoms. The summed E-state index contributed by atoms with van der Waals surface area (Å²) in [4.78, 5) is 0. The molecule has 0 spiro atoms. The van der Waals surface area contributed by atoms with Crippen molar-refractivity contribution in [2.24, 2.45) is 0 Å². The van der Waals surface area contributed by atoms with Crippen molar-refractivity contribution in [3.05, 3.63) is 41.5 Å². The molecule has 1 aliphatic carbocycles. The van der Waals surface area contributed by atoms with E-state index in [0.717, 1.165) is 23.3 Å². The van der Waals surface area contributed by atoms with E-state index in [-0.39, 0.29) is 0 Å². The number of benzene rings is 1. The Balaban J connectivity index is 2.52. The van der Waals surface area contributed by atoms with Crippen molar-refractivity contribution in [3.63, 3.8) is 0 Å². The Morgan fingerprint density at radius 1 is 1.46 bits per heavy atom. The van der Waals surface area contributed by atoms with E-state index in [4.69, 9.17) is 11.5 Å². The molecular formula is C12H11O. The quantitative estimate of drug-likeness (QED) is 0.677. The van der Waals surface area contributed by atoms with E-state index in [9.17, 15) is 0 Å². The molecule has 0 saturated heterocycles. The molecule has 0 aromatic heterocycles. The maximum Gasteiger partial charge on any atom is 0.109 e. The lowest BCUT2D eigenvalue weighted by atomic mass is 9.98. The Labute approximate surface area is 78.4 Å². The summed E-state index contributed by atoms with van der Waals surface area (Å²) in [6, 6.07) is 5.71. The molecule has 0 atom stereocenters. The molecule has 1 N–H and O–H groups in total. The molecule has 1 aromatic rings. The normalized spacial score (nSPS) is 15.4. The fraction of sp³-hybridized carbons (Fsp3) is 0.250. The van der Waals surface area contributed by atoms with Crippen LogP contribution < -0.4 is 0 Å². The van der Waals surface area contributed by atoms with Gasteiger partial charge in [-0.05, 0) is 36.0 Å². The maximum atomic E-state index is 9.02. The third kappa shape index (κ3) is 1.46. The SMILES string of the molecule is C#Cc1cccc([CH]O)c1C1CC1. The van der Waals surface area contributed by atoms with Gasteiger partial charge in [-0.15, -0.1) is 6.42 Å². The van der Waals surface area contributed by atoms with E-state index in [1.54, 1.807) is 0 Å². The van der Waals surface area contributed by atoms with E-state index in [0.29, 0.717) is 5.92 Å². The van der Waals surface area contributed by atoms with Crippen molar-refractivity contribution in [2.75, 3.05) is 0 Å². The second kappa shape index (κ2) is 3.24. The van der Waals surface area contributed by atoms with Crippen molar-refractivity contribution in [3.8, 4) is 12.3 Å². The van der Waals surface area contributed by atoms with Gasteiger partial charge >= 0.3 is 0 Å². The average molecular weight is 171 g/mol. The zero-order valence-corrected chi connectivity index (χ0v) is 7.33. The van der Waals surface area contributed by atoms with E-state index < -0.39 is 0 Å². The lowest BCUT2D eigenvalue weighted by molar-refractivity contribution is 0.413. The van der Waals surface area contributed by atoms with Gasteiger partial charge in [0.2, 0.25) is 0 Å². The summed E-state index contributed by atoms with van der Waals surface area (Å²) in [5, 5.41) is 9.02. The zero-order valence-electron chi connectivity index (χ0n) is 7.33. The fourth-order valence-corrected chi connectivity index (χ4v) is 1.65. The molecule has 0 heterocycles. The number of hydrogen-bond acceptors (Lipinski definition) is 1. The van der Waals surface area contributed by atoms with Crippen LogP contribution in [0.5, 0.6) is 0 Å². The van der Waals surface area contributed by atoms with Crippen LogP contribution in [0, 0.1) is 19.0 Å². The van der Waals surface area contributed by atoms with Crippen molar-refractivity contribution >= 4 is 0 Å². The Hall–Kier alpha value is -1.26. The first-order chi connectivity index (χ1) is 6.36. The van der Waals surface area contributed by atoms with Gasteiger partial charge in [-0.25, -0.2) is 0 Å². The van der Waals surface area contributed by atoms with Gasteiger partial charge in [-0.2, -0.15) is 0 Å². The molecule has 0 amide bonds. The monoisotopic (exact) mass is 171 g/mol. The van der Waals surface area contributed by atoms with Gasteiger partial charge < -0.3 is 5.11 Å².